The Balaban J connectivity index is 0.000000711. The summed E-state index contributed by atoms with van der Waals surface area (Å²) in [4.78, 5) is 10.4. The van der Waals surface area contributed by atoms with E-state index in [-0.39, 0.29) is 0 Å². The van der Waals surface area contributed by atoms with E-state index < -0.39 is 5.97 Å². The van der Waals surface area contributed by atoms with Crippen LogP contribution in [0.2, 0.25) is 0 Å². The van der Waals surface area contributed by atoms with Crippen LogP contribution in [0, 0.1) is 0 Å². The highest BCUT2D eigenvalue weighted by Gasteiger charge is 2.06. The van der Waals surface area contributed by atoms with Crippen LogP contribution in [0.1, 0.15) is 65.7 Å². The van der Waals surface area contributed by atoms with Crippen LogP contribution in [0.15, 0.2) is 24.0 Å². The molecular weight excluding hydrogens is 238 g/mol. The van der Waals surface area contributed by atoms with Crippen molar-refractivity contribution >= 4 is 5.97 Å². The molecule has 3 heteroatoms. The number of allylic oxidation sites excluding steroid dienone is 2. The lowest BCUT2D eigenvalue weighted by Gasteiger charge is -2.06. The number of carboxylic acids is 1. The first-order valence-electron chi connectivity index (χ1n) is 7.46. The van der Waals surface area contributed by atoms with Crippen molar-refractivity contribution < 1.29 is 14.8 Å². The van der Waals surface area contributed by atoms with Gasteiger partial charge in [0.2, 0.25) is 0 Å². The molecular formula is C16H29NO2. The van der Waals surface area contributed by atoms with Gasteiger partial charge in [0.05, 0.1) is 12.7 Å². The van der Waals surface area contributed by atoms with Gasteiger partial charge in [-0.2, -0.15) is 0 Å². The van der Waals surface area contributed by atoms with Gasteiger partial charge in [0, 0.05) is 11.5 Å². The molecule has 0 amide bonds. The van der Waals surface area contributed by atoms with Gasteiger partial charge < -0.3 is 9.90 Å². The smallest absolute Gasteiger partial charge is 0.102 e. The van der Waals surface area contributed by atoms with E-state index in [1.807, 2.05) is 0 Å². The van der Waals surface area contributed by atoms with E-state index in [9.17, 15) is 0 Å². The number of carboxylic acid groups (broad SMARTS) is 1. The summed E-state index contributed by atoms with van der Waals surface area (Å²) in [6, 6.07) is 0. The minimum Gasteiger partial charge on any atom is -0.550 e. The van der Waals surface area contributed by atoms with Gasteiger partial charge in [-0.3, -0.25) is 4.90 Å². The molecule has 1 heterocycles. The van der Waals surface area contributed by atoms with Crippen LogP contribution in [0.4, 0.5) is 0 Å². The average molecular weight is 267 g/mol. The Hall–Kier alpha value is -1.09. The first-order chi connectivity index (χ1) is 9.06. The third-order valence-electron chi connectivity index (χ3n) is 3.04. The molecule has 1 N–H and O–H groups in total. The number of carbonyl (C=O) groups excluding carboxylic acids is 1. The second kappa shape index (κ2) is 12.0. The van der Waals surface area contributed by atoms with Crippen LogP contribution >= 0.6 is 0 Å². The average Bonchev–Trinajstić information content (AvgIpc) is 2.73. The molecule has 0 aromatic rings. The summed E-state index contributed by atoms with van der Waals surface area (Å²) in [6.45, 7) is 6.70. The van der Waals surface area contributed by atoms with E-state index in [2.05, 4.69) is 32.3 Å². The molecule has 3 nitrogen and oxygen atoms in total. The zero-order valence-corrected chi connectivity index (χ0v) is 12.7. The Morgan fingerprint density at radius 3 is 2.16 bits per heavy atom. The minimum absolute atomic E-state index is 0.972. The summed E-state index contributed by atoms with van der Waals surface area (Å²) in [5.74, 6) is -1.08. The highest BCUT2D eigenvalue weighted by Crippen LogP contribution is 2.06. The van der Waals surface area contributed by atoms with Crippen LogP contribution in [0.5, 0.6) is 0 Å². The lowest BCUT2D eigenvalue weighted by Crippen LogP contribution is -3.01. The Kier molecular flexibility index (Phi) is 11.3. The first-order valence-corrected chi connectivity index (χ1v) is 7.46. The fourth-order valence-corrected chi connectivity index (χ4v) is 2.07. The van der Waals surface area contributed by atoms with E-state index >= 15 is 0 Å². The van der Waals surface area contributed by atoms with Crippen molar-refractivity contribution in [3.8, 4) is 0 Å². The van der Waals surface area contributed by atoms with Gasteiger partial charge in [-0.05, 0) is 32.8 Å². The summed E-state index contributed by atoms with van der Waals surface area (Å²) in [5.41, 5.74) is 1.41. The number of nitrogens with one attached hydrogen (secondary N) is 1. The molecule has 0 aromatic carbocycles. The van der Waals surface area contributed by atoms with E-state index in [4.69, 9.17) is 9.90 Å². The first kappa shape index (κ1) is 17.9. The molecule has 0 bridgehead atoms. The molecule has 19 heavy (non-hydrogen) atoms. The normalized spacial score (nSPS) is 16.8. The summed E-state index contributed by atoms with van der Waals surface area (Å²) < 4.78 is 0. The summed E-state index contributed by atoms with van der Waals surface area (Å²) in [6.07, 6.45) is 16.7. The number of quaternary nitrogens is 1. The van der Waals surface area contributed by atoms with Gasteiger partial charge in [-0.15, -0.1) is 0 Å². The lowest BCUT2D eigenvalue weighted by molar-refractivity contribution is -0.788. The van der Waals surface area contributed by atoms with Crippen LogP contribution in [-0.4, -0.2) is 12.5 Å². The Morgan fingerprint density at radius 2 is 1.68 bits per heavy atom. The lowest BCUT2D eigenvalue weighted by atomic mass is 10.1. The Labute approximate surface area is 118 Å². The highest BCUT2D eigenvalue weighted by molar-refractivity contribution is 5.60. The van der Waals surface area contributed by atoms with Crippen molar-refractivity contribution in [1.82, 2.24) is 0 Å². The monoisotopic (exact) mass is 267 g/mol. The van der Waals surface area contributed by atoms with Crippen molar-refractivity contribution in [2.24, 2.45) is 0 Å². The molecule has 0 saturated heterocycles. The zero-order chi connectivity index (χ0) is 14.5. The maximum atomic E-state index is 8.89. The molecule has 0 radical (unpaired) electrons. The van der Waals surface area contributed by atoms with E-state index in [0.717, 1.165) is 6.92 Å². The number of unbranched alkanes of at least 4 members (excludes halogenated alkanes) is 6. The number of aliphatic carboxylic acids is 1. The Bertz CT molecular complexity index is 291. The molecule has 0 spiro atoms. The summed E-state index contributed by atoms with van der Waals surface area (Å²) >= 11 is 0. The molecule has 1 rings (SSSR count). The molecule has 1 aliphatic heterocycles. The molecule has 110 valence electrons. The summed E-state index contributed by atoms with van der Waals surface area (Å²) in [7, 11) is 0. The largest absolute Gasteiger partial charge is 0.550 e. The highest BCUT2D eigenvalue weighted by atomic mass is 16.4. The van der Waals surface area contributed by atoms with Crippen LogP contribution in [0.25, 0.3) is 0 Å². The standard InChI is InChI=1S/C14H25N.C2H4O2/c1-3-4-5-6-7-8-9-11-15-12-10-14(2)13-15;1-2(3)4/h10,12-13H,3-9,11H2,1-2H3;1H3,(H,3,4). The van der Waals surface area contributed by atoms with Gasteiger partial charge in [0.25, 0.3) is 0 Å². The number of hydrogen-bond acceptors (Lipinski definition) is 2. The van der Waals surface area contributed by atoms with Gasteiger partial charge in [0.15, 0.2) is 0 Å². The second-order valence-corrected chi connectivity index (χ2v) is 5.16. The maximum absolute atomic E-state index is 8.89. The SMILES string of the molecule is CC(=O)[O-].CCCCCCCCC[NH+]1C=CC(C)=C1. The molecule has 0 aromatic heterocycles. The van der Waals surface area contributed by atoms with Crippen molar-refractivity contribution in [1.29, 1.82) is 0 Å². The third kappa shape index (κ3) is 13.1. The van der Waals surface area contributed by atoms with Crippen molar-refractivity contribution in [3.63, 3.8) is 0 Å². The quantitative estimate of drug-likeness (QED) is 0.682. The predicted octanol–water partition coefficient (Wildman–Crippen LogP) is 1.81. The number of rotatable bonds is 8. The molecule has 1 unspecified atom stereocenters. The van der Waals surface area contributed by atoms with Crippen molar-refractivity contribution in [2.75, 3.05) is 6.54 Å². The van der Waals surface area contributed by atoms with Crippen LogP contribution in [0.3, 0.4) is 0 Å². The topological polar surface area (TPSA) is 44.6 Å². The predicted molar refractivity (Wildman–Crippen MR) is 77.4 cm³/mol. The second-order valence-electron chi connectivity index (χ2n) is 5.16. The van der Waals surface area contributed by atoms with Crippen molar-refractivity contribution in [2.45, 2.75) is 65.7 Å². The van der Waals surface area contributed by atoms with Gasteiger partial charge in [-0.1, -0.05) is 39.0 Å². The maximum Gasteiger partial charge on any atom is 0.102 e. The van der Waals surface area contributed by atoms with E-state index in [1.165, 1.54) is 62.0 Å². The van der Waals surface area contributed by atoms with Crippen molar-refractivity contribution in [3.05, 3.63) is 24.0 Å². The molecule has 0 saturated carbocycles. The molecule has 1 aliphatic rings. The molecule has 0 aliphatic carbocycles. The minimum atomic E-state index is -1.08. The fourth-order valence-electron chi connectivity index (χ4n) is 2.07. The number of carbonyl (C=O) groups is 1. The van der Waals surface area contributed by atoms with Crippen LogP contribution < -0.4 is 10.0 Å². The van der Waals surface area contributed by atoms with Crippen LogP contribution in [-0.2, 0) is 4.79 Å². The van der Waals surface area contributed by atoms with E-state index in [0.29, 0.717) is 0 Å². The zero-order valence-electron chi connectivity index (χ0n) is 12.7. The summed E-state index contributed by atoms with van der Waals surface area (Å²) in [5, 5.41) is 8.89. The third-order valence-corrected chi connectivity index (χ3v) is 3.04. The number of hydrogen-bond donors (Lipinski definition) is 1. The fraction of sp³-hybridized carbons (Fsp3) is 0.688. The van der Waals surface area contributed by atoms with Gasteiger partial charge >= 0.3 is 0 Å². The molecule has 0 fully saturated rings. The van der Waals surface area contributed by atoms with Gasteiger partial charge in [-0.25, -0.2) is 0 Å². The van der Waals surface area contributed by atoms with E-state index in [1.54, 1.807) is 0 Å². The van der Waals surface area contributed by atoms with Gasteiger partial charge in [0.1, 0.15) is 6.20 Å². The molecule has 1 atom stereocenters. The Morgan fingerprint density at radius 1 is 1.16 bits per heavy atom.